The number of aromatic nitrogens is 4. The van der Waals surface area contributed by atoms with E-state index < -0.39 is 0 Å². The van der Waals surface area contributed by atoms with Crippen LogP contribution in [0.2, 0.25) is 0 Å². The van der Waals surface area contributed by atoms with Crippen molar-refractivity contribution in [1.82, 2.24) is 19.5 Å². The van der Waals surface area contributed by atoms with Crippen LogP contribution < -0.4 is 10.1 Å². The van der Waals surface area contributed by atoms with Crippen molar-refractivity contribution in [2.24, 2.45) is 0 Å². The van der Waals surface area contributed by atoms with Gasteiger partial charge in [-0.2, -0.15) is 4.98 Å². The summed E-state index contributed by atoms with van der Waals surface area (Å²) in [7, 11) is 3.15. The lowest BCUT2D eigenvalue weighted by atomic mass is 10.1. The molecule has 0 fully saturated rings. The number of thiophene rings is 1. The zero-order chi connectivity index (χ0) is 23.5. The van der Waals surface area contributed by atoms with Crippen molar-refractivity contribution >= 4 is 33.1 Å². The van der Waals surface area contributed by atoms with Crippen molar-refractivity contribution in [2.45, 2.75) is 39.8 Å². The van der Waals surface area contributed by atoms with Crippen molar-refractivity contribution in [3.05, 3.63) is 64.3 Å². The highest BCUT2D eigenvalue weighted by Gasteiger charge is 2.21. The van der Waals surface area contributed by atoms with E-state index in [-0.39, 0.29) is 12.5 Å². The molecule has 0 unspecified atom stereocenters. The second-order valence-corrected chi connectivity index (χ2v) is 9.04. The maximum absolute atomic E-state index is 13.2. The summed E-state index contributed by atoms with van der Waals surface area (Å²) in [6.07, 6.45) is 3.80. The Balaban J connectivity index is 1.59. The molecule has 172 valence electrons. The van der Waals surface area contributed by atoms with E-state index in [1.54, 1.807) is 14.2 Å². The first-order valence-electron chi connectivity index (χ1n) is 10.7. The third-order valence-electron chi connectivity index (χ3n) is 5.28. The minimum Gasteiger partial charge on any atom is -0.480 e. The number of anilines is 1. The lowest BCUT2D eigenvalue weighted by Gasteiger charge is -2.12. The second kappa shape index (κ2) is 9.68. The molecule has 0 radical (unpaired) electrons. The largest absolute Gasteiger partial charge is 0.480 e. The van der Waals surface area contributed by atoms with Crippen LogP contribution >= 0.6 is 11.3 Å². The fourth-order valence-corrected chi connectivity index (χ4v) is 4.87. The van der Waals surface area contributed by atoms with Gasteiger partial charge in [-0.05, 0) is 30.2 Å². The third-order valence-corrected chi connectivity index (χ3v) is 6.46. The normalized spacial score (nSPS) is 11.3. The first-order valence-corrected chi connectivity index (χ1v) is 11.5. The van der Waals surface area contributed by atoms with E-state index >= 15 is 0 Å². The number of nitrogens with one attached hydrogen (secondary N) is 1. The van der Waals surface area contributed by atoms with Gasteiger partial charge in [0.1, 0.15) is 17.3 Å². The predicted molar refractivity (Wildman–Crippen MR) is 129 cm³/mol. The van der Waals surface area contributed by atoms with Gasteiger partial charge in [-0.3, -0.25) is 4.79 Å². The van der Waals surface area contributed by atoms with Crippen LogP contribution in [-0.4, -0.2) is 39.6 Å². The van der Waals surface area contributed by atoms with Gasteiger partial charge in [0.2, 0.25) is 5.88 Å². The lowest BCUT2D eigenvalue weighted by molar-refractivity contribution is 0.103. The van der Waals surface area contributed by atoms with Crippen molar-refractivity contribution < 1.29 is 14.3 Å². The summed E-state index contributed by atoms with van der Waals surface area (Å²) < 4.78 is 12.7. The number of methoxy groups -OCH3 is 2. The summed E-state index contributed by atoms with van der Waals surface area (Å²) in [5, 5.41) is 3.78. The SMILES string of the molecule is COCc1nc(OC)c2c(C)c(C(=O)Nc3cccc(Cn4ccnc4C(C)C)c3)sc2n1. The third kappa shape index (κ3) is 4.74. The predicted octanol–water partition coefficient (Wildman–Crippen LogP) is 4.78. The zero-order valence-electron chi connectivity index (χ0n) is 19.4. The Hall–Kier alpha value is -3.30. The molecule has 0 bridgehead atoms. The van der Waals surface area contributed by atoms with Gasteiger partial charge in [-0.15, -0.1) is 11.3 Å². The second-order valence-electron chi connectivity index (χ2n) is 8.04. The number of fused-ring (bicyclic) bond motifs is 1. The molecular weight excluding hydrogens is 438 g/mol. The van der Waals surface area contributed by atoms with Crippen molar-refractivity contribution in [3.8, 4) is 5.88 Å². The van der Waals surface area contributed by atoms with Crippen LogP contribution in [0.4, 0.5) is 5.69 Å². The Morgan fingerprint density at radius 1 is 1.24 bits per heavy atom. The molecule has 3 aromatic heterocycles. The summed E-state index contributed by atoms with van der Waals surface area (Å²) in [6, 6.07) is 7.86. The maximum atomic E-state index is 13.2. The highest BCUT2D eigenvalue weighted by Crippen LogP contribution is 2.35. The van der Waals surface area contributed by atoms with E-state index in [1.807, 2.05) is 43.6 Å². The molecule has 0 atom stereocenters. The smallest absolute Gasteiger partial charge is 0.266 e. The number of hydrogen-bond donors (Lipinski definition) is 1. The minimum absolute atomic E-state index is 0.187. The Morgan fingerprint density at radius 3 is 2.79 bits per heavy atom. The van der Waals surface area contributed by atoms with E-state index in [0.717, 1.165) is 28.0 Å². The molecule has 4 rings (SSSR count). The van der Waals surface area contributed by atoms with E-state index in [4.69, 9.17) is 9.47 Å². The maximum Gasteiger partial charge on any atom is 0.266 e. The molecule has 4 aromatic rings. The van der Waals surface area contributed by atoms with Gasteiger partial charge in [-0.25, -0.2) is 9.97 Å². The fourth-order valence-electron chi connectivity index (χ4n) is 3.79. The van der Waals surface area contributed by atoms with Gasteiger partial charge in [-0.1, -0.05) is 26.0 Å². The monoisotopic (exact) mass is 465 g/mol. The van der Waals surface area contributed by atoms with E-state index in [1.165, 1.54) is 11.3 Å². The Morgan fingerprint density at radius 2 is 2.06 bits per heavy atom. The number of rotatable bonds is 8. The van der Waals surface area contributed by atoms with Crippen LogP contribution in [0.3, 0.4) is 0 Å². The molecule has 1 amide bonds. The molecule has 8 nitrogen and oxygen atoms in total. The fraction of sp³-hybridized carbons (Fsp3) is 0.333. The number of carbonyl (C=O) groups excluding carboxylic acids is 1. The molecule has 0 aliphatic heterocycles. The van der Waals surface area contributed by atoms with Gasteiger partial charge >= 0.3 is 0 Å². The molecule has 0 aliphatic carbocycles. The van der Waals surface area contributed by atoms with Crippen LogP contribution in [0.1, 0.15) is 52.2 Å². The highest BCUT2D eigenvalue weighted by molar-refractivity contribution is 7.20. The van der Waals surface area contributed by atoms with Crippen molar-refractivity contribution in [2.75, 3.05) is 19.5 Å². The average molecular weight is 466 g/mol. The topological polar surface area (TPSA) is 91.2 Å². The molecule has 33 heavy (non-hydrogen) atoms. The number of aryl methyl sites for hydroxylation is 1. The van der Waals surface area contributed by atoms with Gasteiger partial charge < -0.3 is 19.4 Å². The van der Waals surface area contributed by atoms with E-state index in [0.29, 0.717) is 33.9 Å². The number of carbonyl (C=O) groups is 1. The molecule has 0 aliphatic rings. The molecular formula is C24H27N5O3S. The average Bonchev–Trinajstić information content (AvgIpc) is 3.38. The minimum atomic E-state index is -0.187. The van der Waals surface area contributed by atoms with Gasteiger partial charge in [0.05, 0.1) is 17.4 Å². The first kappa shape index (κ1) is 22.9. The zero-order valence-corrected chi connectivity index (χ0v) is 20.2. The van der Waals surface area contributed by atoms with E-state index in [2.05, 4.69) is 38.7 Å². The van der Waals surface area contributed by atoms with Crippen molar-refractivity contribution in [1.29, 1.82) is 0 Å². The highest BCUT2D eigenvalue weighted by atomic mass is 32.1. The van der Waals surface area contributed by atoms with Crippen LogP contribution in [0.25, 0.3) is 10.2 Å². The number of benzene rings is 1. The number of nitrogens with zero attached hydrogens (tertiary/aromatic N) is 4. The summed E-state index contributed by atoms with van der Waals surface area (Å²) in [5.41, 5.74) is 2.61. The summed E-state index contributed by atoms with van der Waals surface area (Å²) in [4.78, 5) is 27.8. The molecule has 1 aromatic carbocycles. The molecule has 0 spiro atoms. The molecule has 0 saturated heterocycles. The van der Waals surface area contributed by atoms with Gasteiger partial charge in [0, 0.05) is 37.7 Å². The first-order chi connectivity index (χ1) is 15.9. The Labute approximate surface area is 196 Å². The molecule has 9 heteroatoms. The Kier molecular flexibility index (Phi) is 6.71. The number of hydrogen-bond acceptors (Lipinski definition) is 7. The van der Waals surface area contributed by atoms with Crippen LogP contribution in [0.5, 0.6) is 5.88 Å². The summed E-state index contributed by atoms with van der Waals surface area (Å²) >= 11 is 1.32. The number of amides is 1. The standard InChI is InChI=1S/C24H27N5O3S/c1-14(2)21-25-9-10-29(21)12-16-7-6-8-17(11-16)26-22(30)20-15(3)19-23(32-5)27-18(13-31-4)28-24(19)33-20/h6-11,14H,12-13H2,1-5H3,(H,26,30). The number of imidazole rings is 1. The van der Waals surface area contributed by atoms with Crippen LogP contribution in [-0.2, 0) is 17.9 Å². The van der Waals surface area contributed by atoms with E-state index in [9.17, 15) is 4.79 Å². The van der Waals surface area contributed by atoms with Crippen LogP contribution in [0, 0.1) is 6.92 Å². The number of ether oxygens (including phenoxy) is 2. The Bertz CT molecular complexity index is 1290. The van der Waals surface area contributed by atoms with Gasteiger partial charge in [0.25, 0.3) is 5.91 Å². The molecule has 0 saturated carbocycles. The summed E-state index contributed by atoms with van der Waals surface area (Å²) in [5.74, 6) is 2.15. The lowest BCUT2D eigenvalue weighted by Crippen LogP contribution is -2.12. The van der Waals surface area contributed by atoms with Crippen LogP contribution in [0.15, 0.2) is 36.7 Å². The van der Waals surface area contributed by atoms with Gasteiger partial charge in [0.15, 0.2) is 5.82 Å². The molecule has 1 N–H and O–H groups in total. The van der Waals surface area contributed by atoms with Crippen molar-refractivity contribution in [3.63, 3.8) is 0 Å². The quantitative estimate of drug-likeness (QED) is 0.403. The molecule has 3 heterocycles. The summed E-state index contributed by atoms with van der Waals surface area (Å²) in [6.45, 7) is 7.10.